The van der Waals surface area contributed by atoms with E-state index >= 15 is 0 Å². The van der Waals surface area contributed by atoms with Crippen LogP contribution in [0.2, 0.25) is 0 Å². The van der Waals surface area contributed by atoms with Gasteiger partial charge in [0.2, 0.25) is 0 Å². The molecule has 0 aliphatic carbocycles. The molecule has 0 fully saturated rings. The molecule has 2 aliphatic heterocycles. The summed E-state index contributed by atoms with van der Waals surface area (Å²) in [4.78, 5) is 7.90. The van der Waals surface area contributed by atoms with Crippen molar-refractivity contribution in [3.05, 3.63) is 107 Å². The summed E-state index contributed by atoms with van der Waals surface area (Å²) in [5.41, 5.74) is 16.7. The van der Waals surface area contributed by atoms with E-state index in [0.717, 1.165) is 5.65 Å². The van der Waals surface area contributed by atoms with Gasteiger partial charge >= 0.3 is 6.85 Å². The maximum Gasteiger partial charge on any atom is 0.334 e. The number of nitrogens with zero attached hydrogens (tertiary/aromatic N) is 3. The Morgan fingerprint density at radius 2 is 1.10 bits per heavy atom. The van der Waals surface area contributed by atoms with E-state index in [-0.39, 0.29) is 28.5 Å². The highest BCUT2D eigenvalue weighted by atomic mass is 15.2. The molecular formula is C45H50BN3. The lowest BCUT2D eigenvalue weighted by atomic mass is 9.44. The summed E-state index contributed by atoms with van der Waals surface area (Å²) in [5, 5.41) is 2.56. The van der Waals surface area contributed by atoms with Crippen molar-refractivity contribution in [3.8, 4) is 11.1 Å². The van der Waals surface area contributed by atoms with E-state index in [1.54, 1.807) is 0 Å². The standard InChI is InChI=1S/C45H50BN3/c1-42(2,3)27-18-19-36-37(24-27)48(31-16-14-13-15-17-31)38-25-29(44(7,8)9)20-32-33-21-28(43(4,5)6)22-34-35-23-30(45(10,11)12)26-47-41(35)49(40(33)34)46(36)39(32)38/h13-26H,1-12H3. The van der Waals surface area contributed by atoms with Gasteiger partial charge in [-0.1, -0.05) is 119 Å². The maximum atomic E-state index is 5.36. The normalized spacial score (nSPS) is 14.4. The van der Waals surface area contributed by atoms with Gasteiger partial charge in [-0.3, -0.25) is 0 Å². The second-order valence-corrected chi connectivity index (χ2v) is 18.7. The number of hydrogen-bond donors (Lipinski definition) is 0. The molecule has 4 aromatic carbocycles. The largest absolute Gasteiger partial charge is 0.360 e. The lowest BCUT2D eigenvalue weighted by Gasteiger charge is -2.42. The summed E-state index contributed by atoms with van der Waals surface area (Å²) in [5.74, 6) is 0. The average Bonchev–Trinajstić information content (AvgIpc) is 3.35. The zero-order valence-electron chi connectivity index (χ0n) is 31.5. The Morgan fingerprint density at radius 3 is 1.73 bits per heavy atom. The van der Waals surface area contributed by atoms with Crippen LogP contribution in [0.4, 0.5) is 17.1 Å². The Balaban J connectivity index is 1.60. The zero-order chi connectivity index (χ0) is 35.0. The van der Waals surface area contributed by atoms with Crippen LogP contribution in [0.1, 0.15) is 105 Å². The molecule has 4 heterocycles. The van der Waals surface area contributed by atoms with Crippen LogP contribution < -0.4 is 15.8 Å². The van der Waals surface area contributed by atoms with E-state index in [2.05, 4.69) is 178 Å². The SMILES string of the molecule is CC(C)(C)c1ccc2c(c1)N(c1ccccc1)c1cc(C(C)(C)C)cc3c1B2n1c2ncc(C(C)(C)C)cc2c2cc(C(C)(C)C)cc-3c21. The Morgan fingerprint density at radius 1 is 0.531 bits per heavy atom. The molecule has 0 saturated carbocycles. The Kier molecular flexibility index (Phi) is 6.60. The lowest BCUT2D eigenvalue weighted by Crippen LogP contribution is -2.57. The van der Waals surface area contributed by atoms with Gasteiger partial charge in [0.05, 0.1) is 0 Å². The topological polar surface area (TPSA) is 21.1 Å². The van der Waals surface area contributed by atoms with E-state index in [1.165, 1.54) is 77.7 Å². The molecule has 0 atom stereocenters. The van der Waals surface area contributed by atoms with Gasteiger partial charge < -0.3 is 9.38 Å². The third kappa shape index (κ3) is 4.81. The lowest BCUT2D eigenvalue weighted by molar-refractivity contribution is 0.588. The number of pyridine rings is 1. The molecule has 2 aliphatic rings. The number of para-hydroxylation sites is 1. The summed E-state index contributed by atoms with van der Waals surface area (Å²) < 4.78 is 2.60. The van der Waals surface area contributed by atoms with E-state index in [0.29, 0.717) is 0 Å². The highest BCUT2D eigenvalue weighted by molar-refractivity contribution is 6.90. The van der Waals surface area contributed by atoms with Gasteiger partial charge in [-0.15, -0.1) is 0 Å². The van der Waals surface area contributed by atoms with Crippen LogP contribution in [0, 0.1) is 0 Å². The maximum absolute atomic E-state index is 5.36. The average molecular weight is 644 g/mol. The fraction of sp³-hybridized carbons (Fsp3) is 0.356. The number of anilines is 3. The monoisotopic (exact) mass is 643 g/mol. The Labute approximate surface area is 293 Å². The molecule has 0 unspecified atom stereocenters. The predicted molar refractivity (Wildman–Crippen MR) is 213 cm³/mol. The number of hydrogen-bond acceptors (Lipinski definition) is 2. The van der Waals surface area contributed by atoms with Crippen LogP contribution in [0.3, 0.4) is 0 Å². The molecule has 0 N–H and O–H groups in total. The van der Waals surface area contributed by atoms with Crippen molar-refractivity contribution in [2.45, 2.75) is 105 Å². The first-order valence-electron chi connectivity index (χ1n) is 18.0. The molecule has 2 aromatic heterocycles. The van der Waals surface area contributed by atoms with Crippen LogP contribution in [0.15, 0.2) is 85.1 Å². The minimum absolute atomic E-state index is 0.00498. The van der Waals surface area contributed by atoms with Crippen molar-refractivity contribution >= 4 is 56.8 Å². The van der Waals surface area contributed by atoms with Crippen LogP contribution in [-0.4, -0.2) is 16.3 Å². The first-order chi connectivity index (χ1) is 22.8. The van der Waals surface area contributed by atoms with Gasteiger partial charge in [-0.05, 0) is 103 Å². The molecule has 0 spiro atoms. The van der Waals surface area contributed by atoms with Gasteiger partial charge in [-0.25, -0.2) is 4.98 Å². The van der Waals surface area contributed by atoms with Crippen molar-refractivity contribution in [3.63, 3.8) is 0 Å². The molecule has 248 valence electrons. The van der Waals surface area contributed by atoms with Crippen LogP contribution in [-0.2, 0) is 21.7 Å². The predicted octanol–water partition coefficient (Wildman–Crippen LogP) is 10.8. The Bertz CT molecular complexity index is 2320. The second-order valence-electron chi connectivity index (χ2n) is 18.7. The molecule has 8 rings (SSSR count). The van der Waals surface area contributed by atoms with E-state index in [1.807, 2.05) is 0 Å². The highest BCUT2D eigenvalue weighted by Crippen LogP contribution is 2.48. The van der Waals surface area contributed by atoms with E-state index in [9.17, 15) is 0 Å². The fourth-order valence-electron chi connectivity index (χ4n) is 7.96. The molecule has 49 heavy (non-hydrogen) atoms. The minimum atomic E-state index is -0.0367. The quantitative estimate of drug-likeness (QED) is 0.166. The van der Waals surface area contributed by atoms with Crippen LogP contribution in [0.5, 0.6) is 0 Å². The molecule has 0 saturated heterocycles. The van der Waals surface area contributed by atoms with Gasteiger partial charge in [0.15, 0.2) is 0 Å². The molecule has 0 radical (unpaired) electrons. The summed E-state index contributed by atoms with van der Waals surface area (Å²) in [6, 6.07) is 30.6. The molecule has 4 heteroatoms. The van der Waals surface area contributed by atoms with Gasteiger partial charge in [0.25, 0.3) is 0 Å². The fourth-order valence-corrected chi connectivity index (χ4v) is 7.96. The van der Waals surface area contributed by atoms with Crippen molar-refractivity contribution in [2.24, 2.45) is 0 Å². The molecule has 0 bridgehead atoms. The second kappa shape index (κ2) is 10.1. The molecule has 6 aromatic rings. The molecule has 3 nitrogen and oxygen atoms in total. The van der Waals surface area contributed by atoms with Crippen LogP contribution >= 0.6 is 0 Å². The smallest absolute Gasteiger partial charge is 0.334 e. The zero-order valence-corrected chi connectivity index (χ0v) is 31.5. The summed E-state index contributed by atoms with van der Waals surface area (Å²) in [6.45, 7) is 27.9. The number of aromatic nitrogens is 2. The first-order valence-corrected chi connectivity index (χ1v) is 18.0. The van der Waals surface area contributed by atoms with E-state index in [4.69, 9.17) is 4.98 Å². The Hall–Kier alpha value is -4.31. The molecular weight excluding hydrogens is 593 g/mol. The number of benzene rings is 4. The van der Waals surface area contributed by atoms with Crippen molar-refractivity contribution in [2.75, 3.05) is 4.90 Å². The van der Waals surface area contributed by atoms with Gasteiger partial charge in [0.1, 0.15) is 5.65 Å². The van der Waals surface area contributed by atoms with Crippen LogP contribution in [0.25, 0.3) is 33.1 Å². The number of fused-ring (bicyclic) bond motifs is 7. The molecule has 0 amide bonds. The summed E-state index contributed by atoms with van der Waals surface area (Å²) >= 11 is 0. The minimum Gasteiger partial charge on any atom is -0.360 e. The summed E-state index contributed by atoms with van der Waals surface area (Å²) in [7, 11) is 0. The number of rotatable bonds is 1. The first kappa shape index (κ1) is 31.9. The van der Waals surface area contributed by atoms with E-state index < -0.39 is 0 Å². The van der Waals surface area contributed by atoms with Crippen molar-refractivity contribution < 1.29 is 0 Å². The third-order valence-electron chi connectivity index (χ3n) is 11.0. The highest BCUT2D eigenvalue weighted by Gasteiger charge is 2.44. The van der Waals surface area contributed by atoms with Gasteiger partial charge in [0, 0.05) is 45.1 Å². The van der Waals surface area contributed by atoms with Gasteiger partial charge in [-0.2, -0.15) is 0 Å². The van der Waals surface area contributed by atoms with Crippen molar-refractivity contribution in [1.29, 1.82) is 0 Å². The van der Waals surface area contributed by atoms with Crippen molar-refractivity contribution in [1.82, 2.24) is 9.46 Å². The summed E-state index contributed by atoms with van der Waals surface area (Å²) in [6.07, 6.45) is 2.12. The third-order valence-corrected chi connectivity index (χ3v) is 11.0.